The van der Waals surface area contributed by atoms with Crippen LogP contribution in [-0.2, 0) is 11.2 Å². The van der Waals surface area contributed by atoms with Gasteiger partial charge in [-0.05, 0) is 54.8 Å². The molecule has 0 unspecified atom stereocenters. The van der Waals surface area contributed by atoms with Gasteiger partial charge in [0.05, 0.1) is 26.8 Å². The number of tetrazole rings is 1. The maximum atomic E-state index is 12.6. The molecule has 24 heavy (non-hydrogen) atoms. The Bertz CT molecular complexity index is 874. The molecule has 4 rings (SSSR count). The highest BCUT2D eigenvalue weighted by molar-refractivity contribution is 7.11. The second-order valence-electron chi connectivity index (χ2n) is 5.63. The number of hydrogen-bond donors (Lipinski definition) is 0. The Labute approximate surface area is 142 Å². The van der Waals surface area contributed by atoms with Crippen molar-refractivity contribution in [2.75, 3.05) is 0 Å². The lowest BCUT2D eigenvalue weighted by Gasteiger charge is -2.21. The Morgan fingerprint density at radius 3 is 3.17 bits per heavy atom. The van der Waals surface area contributed by atoms with Gasteiger partial charge in [-0.1, -0.05) is 6.07 Å². The number of esters is 1. The molecule has 0 bridgehead atoms. The second kappa shape index (κ2) is 6.12. The number of ether oxygens (including phenoxy) is 1. The smallest absolute Gasteiger partial charge is 0.338 e. The number of aromatic nitrogens is 5. The molecule has 122 valence electrons. The van der Waals surface area contributed by atoms with Gasteiger partial charge in [-0.15, -0.1) is 16.4 Å². The summed E-state index contributed by atoms with van der Waals surface area (Å²) in [6.07, 6.45) is 4.07. The summed E-state index contributed by atoms with van der Waals surface area (Å²) in [5, 5.41) is 12.1. The first-order valence-electron chi connectivity index (χ1n) is 7.71. The van der Waals surface area contributed by atoms with Gasteiger partial charge in [-0.3, -0.25) is 0 Å². The number of hydrogen-bond acceptors (Lipinski definition) is 7. The van der Waals surface area contributed by atoms with Crippen LogP contribution in [0.1, 0.15) is 44.9 Å². The maximum absolute atomic E-state index is 12.6. The van der Waals surface area contributed by atoms with E-state index in [4.69, 9.17) is 4.74 Å². The third-order valence-electron chi connectivity index (χ3n) is 3.95. The highest BCUT2D eigenvalue weighted by atomic mass is 32.1. The fraction of sp³-hybridized carbons (Fsp3) is 0.312. The van der Waals surface area contributed by atoms with Crippen molar-refractivity contribution < 1.29 is 9.53 Å². The Morgan fingerprint density at radius 2 is 2.33 bits per heavy atom. The zero-order valence-electron chi connectivity index (χ0n) is 13.0. The molecule has 0 radical (unpaired) electrons. The van der Waals surface area contributed by atoms with Gasteiger partial charge in [-0.25, -0.2) is 14.5 Å². The number of aryl methyl sites for hydroxylation is 2. The van der Waals surface area contributed by atoms with Gasteiger partial charge in [0.1, 0.15) is 12.4 Å². The quantitative estimate of drug-likeness (QED) is 0.681. The first kappa shape index (κ1) is 14.9. The highest BCUT2D eigenvalue weighted by Crippen LogP contribution is 2.36. The lowest BCUT2D eigenvalue weighted by atomic mass is 10.0. The monoisotopic (exact) mass is 341 g/mol. The van der Waals surface area contributed by atoms with Crippen molar-refractivity contribution in [1.82, 2.24) is 25.2 Å². The third kappa shape index (κ3) is 2.80. The molecule has 1 aliphatic carbocycles. The molecule has 0 fully saturated rings. The van der Waals surface area contributed by atoms with Crippen LogP contribution >= 0.6 is 11.3 Å². The molecule has 0 amide bonds. The van der Waals surface area contributed by atoms with Crippen molar-refractivity contribution in [3.63, 3.8) is 0 Å². The fourth-order valence-corrected chi connectivity index (χ4v) is 3.90. The van der Waals surface area contributed by atoms with E-state index < -0.39 is 0 Å². The molecule has 1 atom stereocenters. The first-order chi connectivity index (χ1) is 11.7. The molecule has 7 nitrogen and oxygen atoms in total. The summed E-state index contributed by atoms with van der Waals surface area (Å²) in [7, 11) is 0. The number of fused-ring (bicyclic) bond motifs is 1. The van der Waals surface area contributed by atoms with E-state index in [1.807, 2.05) is 13.0 Å². The average Bonchev–Trinajstić information content (AvgIpc) is 3.24. The summed E-state index contributed by atoms with van der Waals surface area (Å²) in [5.74, 6) is -0.339. The lowest BCUT2D eigenvalue weighted by molar-refractivity contribution is 0.0265. The van der Waals surface area contributed by atoms with Crippen LogP contribution in [-0.4, -0.2) is 31.2 Å². The molecule has 0 saturated carbocycles. The summed E-state index contributed by atoms with van der Waals surface area (Å²) in [4.78, 5) is 18.2. The number of nitrogens with zero attached hydrogens (tertiary/aromatic N) is 5. The van der Waals surface area contributed by atoms with Gasteiger partial charge in [-0.2, -0.15) is 0 Å². The van der Waals surface area contributed by atoms with Crippen LogP contribution in [0.3, 0.4) is 0 Å². The summed E-state index contributed by atoms with van der Waals surface area (Å²) in [6.45, 7) is 1.98. The minimum Gasteiger partial charge on any atom is -0.453 e. The van der Waals surface area contributed by atoms with Crippen LogP contribution in [0.15, 0.2) is 30.6 Å². The largest absolute Gasteiger partial charge is 0.453 e. The van der Waals surface area contributed by atoms with Crippen LogP contribution in [0.4, 0.5) is 0 Å². The predicted octanol–water partition coefficient (Wildman–Crippen LogP) is 2.66. The summed E-state index contributed by atoms with van der Waals surface area (Å²) >= 11 is 1.62. The van der Waals surface area contributed by atoms with Crippen molar-refractivity contribution in [2.24, 2.45) is 0 Å². The van der Waals surface area contributed by atoms with Crippen LogP contribution in [0.2, 0.25) is 0 Å². The zero-order valence-corrected chi connectivity index (χ0v) is 13.9. The Balaban J connectivity index is 1.56. The number of carbonyl (C=O) groups is 1. The molecule has 2 aromatic heterocycles. The summed E-state index contributed by atoms with van der Waals surface area (Å²) < 4.78 is 7.26. The molecule has 1 aliphatic rings. The number of thiazole rings is 1. The van der Waals surface area contributed by atoms with Crippen LogP contribution < -0.4 is 0 Å². The van der Waals surface area contributed by atoms with Crippen molar-refractivity contribution in [2.45, 2.75) is 32.3 Å². The third-order valence-corrected chi connectivity index (χ3v) is 5.06. The van der Waals surface area contributed by atoms with E-state index in [1.165, 1.54) is 11.0 Å². The minimum atomic E-state index is -0.339. The number of rotatable bonds is 3. The molecule has 0 saturated heterocycles. The first-order valence-corrected chi connectivity index (χ1v) is 8.53. The lowest BCUT2D eigenvalue weighted by Crippen LogP contribution is -2.16. The van der Waals surface area contributed by atoms with Crippen molar-refractivity contribution in [3.05, 3.63) is 51.7 Å². The van der Waals surface area contributed by atoms with Crippen molar-refractivity contribution in [1.29, 1.82) is 0 Å². The predicted molar refractivity (Wildman–Crippen MR) is 87.1 cm³/mol. The van der Waals surface area contributed by atoms with Gasteiger partial charge in [0.25, 0.3) is 0 Å². The highest BCUT2D eigenvalue weighted by Gasteiger charge is 2.27. The van der Waals surface area contributed by atoms with Gasteiger partial charge in [0, 0.05) is 0 Å². The topological polar surface area (TPSA) is 82.8 Å². The zero-order chi connectivity index (χ0) is 16.5. The minimum absolute atomic E-state index is 0.204. The van der Waals surface area contributed by atoms with Crippen molar-refractivity contribution >= 4 is 17.3 Å². The summed E-state index contributed by atoms with van der Waals surface area (Å²) in [6, 6.07) is 7.08. The molecule has 0 N–H and O–H groups in total. The van der Waals surface area contributed by atoms with E-state index in [0.717, 1.165) is 34.8 Å². The molecule has 0 spiro atoms. The van der Waals surface area contributed by atoms with Gasteiger partial charge >= 0.3 is 5.97 Å². The van der Waals surface area contributed by atoms with Crippen LogP contribution in [0.25, 0.3) is 5.69 Å². The second-order valence-corrected chi connectivity index (χ2v) is 6.87. The molecule has 2 heterocycles. The van der Waals surface area contributed by atoms with Crippen LogP contribution in [0.5, 0.6) is 0 Å². The Kier molecular flexibility index (Phi) is 3.81. The van der Waals surface area contributed by atoms with Crippen molar-refractivity contribution in [3.8, 4) is 5.69 Å². The molecule has 0 aliphatic heterocycles. The fourth-order valence-electron chi connectivity index (χ4n) is 2.87. The number of carbonyl (C=O) groups excluding carboxylic acids is 1. The average molecular weight is 341 g/mol. The van der Waals surface area contributed by atoms with E-state index in [0.29, 0.717) is 11.3 Å². The Morgan fingerprint density at radius 1 is 1.42 bits per heavy atom. The maximum Gasteiger partial charge on any atom is 0.338 e. The molecule has 8 heteroatoms. The van der Waals surface area contributed by atoms with Gasteiger partial charge in [0.2, 0.25) is 0 Å². The van der Waals surface area contributed by atoms with Gasteiger partial charge < -0.3 is 4.74 Å². The molecule has 1 aromatic carbocycles. The SMILES string of the molecule is Cc1nc2c(s1)[C@@H](OC(=O)c1cccc(-n3cnnn3)c1)CCC2. The molecular formula is C16H15N5O2S. The van der Waals surface area contributed by atoms with Gasteiger partial charge in [0.15, 0.2) is 0 Å². The van der Waals surface area contributed by atoms with E-state index in [2.05, 4.69) is 20.5 Å². The molecular weight excluding hydrogens is 326 g/mol. The van der Waals surface area contributed by atoms with E-state index in [1.54, 1.807) is 29.5 Å². The summed E-state index contributed by atoms with van der Waals surface area (Å²) in [5.41, 5.74) is 2.27. The Hall–Kier alpha value is -2.61. The standard InChI is InChI=1S/C16H15N5O2S/c1-10-18-13-6-3-7-14(15(13)24-10)23-16(22)11-4-2-5-12(8-11)21-9-17-19-20-21/h2,4-5,8-9,14H,3,6-7H2,1H3/t14-/m0/s1. The normalized spacial score (nSPS) is 16.6. The van der Waals surface area contributed by atoms with E-state index in [-0.39, 0.29) is 12.1 Å². The van der Waals surface area contributed by atoms with Crippen LogP contribution in [0, 0.1) is 6.92 Å². The number of benzene rings is 1. The molecule has 3 aromatic rings. The van der Waals surface area contributed by atoms with E-state index in [9.17, 15) is 4.79 Å². The van der Waals surface area contributed by atoms with E-state index >= 15 is 0 Å².